The van der Waals surface area contributed by atoms with Gasteiger partial charge in [0, 0.05) is 18.9 Å². The second kappa shape index (κ2) is 4.07. The van der Waals surface area contributed by atoms with Gasteiger partial charge in [0.1, 0.15) is 11.4 Å². The Kier molecular flexibility index (Phi) is 3.03. The molecule has 15 heavy (non-hydrogen) atoms. The number of nitro groups is 1. The molecule has 0 saturated heterocycles. The molecule has 1 heterocycles. The van der Waals surface area contributed by atoms with Crippen LogP contribution >= 0.6 is 0 Å². The molecular weight excluding hydrogens is 202 g/mol. The van der Waals surface area contributed by atoms with Gasteiger partial charge in [0.25, 0.3) is 0 Å². The van der Waals surface area contributed by atoms with E-state index in [2.05, 4.69) is 5.10 Å². The zero-order chi connectivity index (χ0) is 11.6. The van der Waals surface area contributed by atoms with E-state index >= 15 is 0 Å². The average molecular weight is 212 g/mol. The summed E-state index contributed by atoms with van der Waals surface area (Å²) in [6.45, 7) is 3.14. The summed E-state index contributed by atoms with van der Waals surface area (Å²) < 4.78 is 1.31. The van der Waals surface area contributed by atoms with Gasteiger partial charge in [0.05, 0.1) is 4.92 Å². The Morgan fingerprint density at radius 3 is 2.53 bits per heavy atom. The van der Waals surface area contributed by atoms with Crippen molar-refractivity contribution in [2.45, 2.75) is 26.8 Å². The van der Waals surface area contributed by atoms with Crippen molar-refractivity contribution in [1.82, 2.24) is 9.78 Å². The standard InChI is InChI=1S/C8H11N3O4/c1-5-8(11(14)15)6(2)10(9-5)4-3-7(12)13/h3-4H2,1-2H3,(H,12,13)/p-1. The quantitative estimate of drug-likeness (QED) is 0.496. The largest absolute Gasteiger partial charge is 0.550 e. The van der Waals surface area contributed by atoms with Crippen LogP contribution < -0.4 is 5.11 Å². The van der Waals surface area contributed by atoms with E-state index in [4.69, 9.17) is 0 Å². The minimum atomic E-state index is -1.20. The highest BCUT2D eigenvalue weighted by atomic mass is 16.6. The number of aliphatic carboxylic acids is 1. The SMILES string of the molecule is Cc1nn(CCC(=O)[O-])c(C)c1[N+](=O)[O-]. The van der Waals surface area contributed by atoms with Gasteiger partial charge < -0.3 is 9.90 Å². The summed E-state index contributed by atoms with van der Waals surface area (Å²) in [5.41, 5.74) is 0.586. The van der Waals surface area contributed by atoms with Crippen LogP contribution in [0.1, 0.15) is 17.8 Å². The Hall–Kier alpha value is -1.92. The lowest BCUT2D eigenvalue weighted by molar-refractivity contribution is -0.386. The monoisotopic (exact) mass is 212 g/mol. The van der Waals surface area contributed by atoms with Gasteiger partial charge in [0.15, 0.2) is 0 Å². The second-order valence-corrected chi connectivity index (χ2v) is 3.12. The predicted octanol–water partition coefficient (Wildman–Crippen LogP) is -0.452. The van der Waals surface area contributed by atoms with Crippen molar-refractivity contribution >= 4 is 11.7 Å². The minimum absolute atomic E-state index is 0.0617. The minimum Gasteiger partial charge on any atom is -0.550 e. The molecule has 0 aliphatic carbocycles. The molecule has 82 valence electrons. The highest BCUT2D eigenvalue weighted by molar-refractivity contribution is 5.64. The number of aromatic nitrogens is 2. The van der Waals surface area contributed by atoms with Gasteiger partial charge in [-0.2, -0.15) is 5.10 Å². The fourth-order valence-corrected chi connectivity index (χ4v) is 1.37. The van der Waals surface area contributed by atoms with E-state index in [0.717, 1.165) is 0 Å². The molecule has 0 saturated carbocycles. The van der Waals surface area contributed by atoms with E-state index in [1.165, 1.54) is 18.5 Å². The van der Waals surface area contributed by atoms with Crippen LogP contribution in [-0.4, -0.2) is 20.7 Å². The third kappa shape index (κ3) is 2.30. The zero-order valence-corrected chi connectivity index (χ0v) is 8.39. The lowest BCUT2D eigenvalue weighted by Crippen LogP contribution is -2.24. The summed E-state index contributed by atoms with van der Waals surface area (Å²) >= 11 is 0. The second-order valence-electron chi connectivity index (χ2n) is 3.12. The number of carbonyl (C=O) groups excluding carboxylic acids is 1. The van der Waals surface area contributed by atoms with Gasteiger partial charge in [0.2, 0.25) is 0 Å². The van der Waals surface area contributed by atoms with E-state index in [1.807, 2.05) is 0 Å². The first-order chi connectivity index (χ1) is 6.93. The number of nitrogens with zero attached hydrogens (tertiary/aromatic N) is 3. The summed E-state index contributed by atoms with van der Waals surface area (Å²) in [6.07, 6.45) is -0.209. The fourth-order valence-electron chi connectivity index (χ4n) is 1.37. The van der Waals surface area contributed by atoms with Gasteiger partial charge in [-0.3, -0.25) is 14.8 Å². The number of carboxylic acids is 1. The maximum absolute atomic E-state index is 10.6. The molecule has 0 atom stereocenters. The van der Waals surface area contributed by atoms with Crippen LogP contribution in [0.3, 0.4) is 0 Å². The van der Waals surface area contributed by atoms with Crippen LogP contribution in [-0.2, 0) is 11.3 Å². The molecule has 1 aromatic rings. The van der Waals surface area contributed by atoms with E-state index in [1.54, 1.807) is 0 Å². The maximum atomic E-state index is 10.6. The Morgan fingerprint density at radius 1 is 1.53 bits per heavy atom. The number of carbonyl (C=O) groups is 1. The smallest absolute Gasteiger partial charge is 0.312 e. The van der Waals surface area contributed by atoms with Crippen LogP contribution in [0.15, 0.2) is 0 Å². The molecule has 0 fully saturated rings. The van der Waals surface area contributed by atoms with Crippen molar-refractivity contribution in [3.8, 4) is 0 Å². The van der Waals surface area contributed by atoms with Crippen LogP contribution in [0.2, 0.25) is 0 Å². The molecule has 0 aliphatic heterocycles. The molecule has 0 bridgehead atoms. The van der Waals surface area contributed by atoms with E-state index in [0.29, 0.717) is 5.69 Å². The summed E-state index contributed by atoms with van der Waals surface area (Å²) in [4.78, 5) is 20.3. The highest BCUT2D eigenvalue weighted by Crippen LogP contribution is 2.21. The van der Waals surface area contributed by atoms with Crippen molar-refractivity contribution in [3.05, 3.63) is 21.5 Å². The average Bonchev–Trinajstić information content (AvgIpc) is 2.37. The number of carboxylic acid groups (broad SMARTS) is 1. The lowest BCUT2D eigenvalue weighted by Gasteiger charge is -2.03. The van der Waals surface area contributed by atoms with Crippen molar-refractivity contribution in [1.29, 1.82) is 0 Å². The van der Waals surface area contributed by atoms with Gasteiger partial charge >= 0.3 is 5.69 Å². The Balaban J connectivity index is 2.96. The van der Waals surface area contributed by atoms with Crippen LogP contribution in [0.25, 0.3) is 0 Å². The van der Waals surface area contributed by atoms with E-state index in [9.17, 15) is 20.0 Å². The molecule has 0 aromatic carbocycles. The summed E-state index contributed by atoms with van der Waals surface area (Å²) in [5.74, 6) is -1.20. The lowest BCUT2D eigenvalue weighted by atomic mass is 10.3. The topological polar surface area (TPSA) is 101 Å². The molecule has 1 rings (SSSR count). The first-order valence-corrected chi connectivity index (χ1v) is 4.31. The van der Waals surface area contributed by atoms with Crippen molar-refractivity contribution in [2.24, 2.45) is 0 Å². The van der Waals surface area contributed by atoms with E-state index < -0.39 is 10.9 Å². The van der Waals surface area contributed by atoms with Crippen LogP contribution in [0.5, 0.6) is 0 Å². The first kappa shape index (κ1) is 11.2. The number of aryl methyl sites for hydroxylation is 2. The van der Waals surface area contributed by atoms with Crippen molar-refractivity contribution in [2.75, 3.05) is 0 Å². The number of rotatable bonds is 4. The Bertz CT molecular complexity index is 410. The normalized spacial score (nSPS) is 10.3. The predicted molar refractivity (Wildman–Crippen MR) is 48.0 cm³/mol. The summed E-state index contributed by atoms with van der Waals surface area (Å²) in [6, 6.07) is 0. The van der Waals surface area contributed by atoms with Crippen molar-refractivity contribution < 1.29 is 14.8 Å². The molecular formula is C8H10N3O4-. The summed E-state index contributed by atoms with van der Waals surface area (Å²) in [7, 11) is 0. The molecule has 0 radical (unpaired) electrons. The Morgan fingerprint density at radius 2 is 2.13 bits per heavy atom. The first-order valence-electron chi connectivity index (χ1n) is 4.31. The molecule has 0 spiro atoms. The van der Waals surface area contributed by atoms with Gasteiger partial charge in [-0.25, -0.2) is 0 Å². The third-order valence-corrected chi connectivity index (χ3v) is 2.05. The fraction of sp³-hybridized carbons (Fsp3) is 0.500. The molecule has 0 aliphatic rings. The van der Waals surface area contributed by atoms with Gasteiger partial charge in [-0.05, 0) is 13.8 Å². The van der Waals surface area contributed by atoms with Gasteiger partial charge in [-0.1, -0.05) is 0 Å². The van der Waals surface area contributed by atoms with E-state index in [-0.39, 0.29) is 24.3 Å². The number of hydrogen-bond acceptors (Lipinski definition) is 5. The number of hydrogen-bond donors (Lipinski definition) is 0. The molecule has 7 heteroatoms. The highest BCUT2D eigenvalue weighted by Gasteiger charge is 2.21. The molecule has 1 aromatic heterocycles. The Labute approximate surface area is 85.5 Å². The van der Waals surface area contributed by atoms with Crippen LogP contribution in [0.4, 0.5) is 5.69 Å². The van der Waals surface area contributed by atoms with Crippen molar-refractivity contribution in [3.63, 3.8) is 0 Å². The molecule has 7 nitrogen and oxygen atoms in total. The third-order valence-electron chi connectivity index (χ3n) is 2.05. The molecule has 0 unspecified atom stereocenters. The zero-order valence-electron chi connectivity index (χ0n) is 8.39. The molecule has 0 amide bonds. The maximum Gasteiger partial charge on any atom is 0.312 e. The molecule has 0 N–H and O–H groups in total. The summed E-state index contributed by atoms with van der Waals surface area (Å²) in [5, 5.41) is 24.7. The van der Waals surface area contributed by atoms with Gasteiger partial charge in [-0.15, -0.1) is 0 Å². The van der Waals surface area contributed by atoms with Crippen LogP contribution in [0, 0.1) is 24.0 Å².